The zero-order chi connectivity index (χ0) is 13.8. The highest BCUT2D eigenvalue weighted by Gasteiger charge is 2.15. The molecule has 0 bridgehead atoms. The van der Waals surface area contributed by atoms with Gasteiger partial charge in [0.1, 0.15) is 5.69 Å². The summed E-state index contributed by atoms with van der Waals surface area (Å²) in [7, 11) is 0. The van der Waals surface area contributed by atoms with Gasteiger partial charge in [0.25, 0.3) is 5.91 Å². The van der Waals surface area contributed by atoms with Crippen LogP contribution in [0.25, 0.3) is 0 Å². The van der Waals surface area contributed by atoms with Crippen molar-refractivity contribution in [2.45, 2.75) is 20.0 Å². The van der Waals surface area contributed by atoms with Gasteiger partial charge in [-0.25, -0.2) is 0 Å². The van der Waals surface area contributed by atoms with E-state index in [0.717, 1.165) is 10.0 Å². The number of nitrogens with two attached hydrogens (primary N) is 1. The number of nitrogen functional groups attached to an aromatic ring is 1. The number of amides is 1. The third-order valence-corrected chi connectivity index (χ3v) is 3.55. The zero-order valence-corrected chi connectivity index (χ0v) is 12.1. The van der Waals surface area contributed by atoms with Gasteiger partial charge in [-0.05, 0) is 18.6 Å². The van der Waals surface area contributed by atoms with Crippen LogP contribution in [0.1, 0.15) is 23.0 Å². The first kappa shape index (κ1) is 13.6. The van der Waals surface area contributed by atoms with Crippen LogP contribution in [0.5, 0.6) is 0 Å². The van der Waals surface area contributed by atoms with Crippen molar-refractivity contribution >= 4 is 27.5 Å². The van der Waals surface area contributed by atoms with Crippen LogP contribution < -0.4 is 11.1 Å². The Morgan fingerprint density at radius 3 is 2.89 bits per heavy atom. The van der Waals surface area contributed by atoms with Gasteiger partial charge in [0, 0.05) is 17.6 Å². The fourth-order valence-electron chi connectivity index (χ4n) is 1.79. The molecule has 0 saturated heterocycles. The van der Waals surface area contributed by atoms with E-state index in [1.807, 2.05) is 31.2 Å². The molecule has 0 aliphatic heterocycles. The summed E-state index contributed by atoms with van der Waals surface area (Å²) in [5.74, 6) is -0.215. The highest BCUT2D eigenvalue weighted by molar-refractivity contribution is 9.10. The number of hydrogen-bond acceptors (Lipinski definition) is 3. The Morgan fingerprint density at radius 2 is 2.21 bits per heavy atom. The zero-order valence-electron chi connectivity index (χ0n) is 10.6. The largest absolute Gasteiger partial charge is 0.396 e. The summed E-state index contributed by atoms with van der Waals surface area (Å²) < 4.78 is 2.55. The molecule has 19 heavy (non-hydrogen) atoms. The minimum absolute atomic E-state index is 0.215. The lowest BCUT2D eigenvalue weighted by Crippen LogP contribution is -2.26. The third kappa shape index (κ3) is 2.96. The third-order valence-electron chi connectivity index (χ3n) is 2.78. The van der Waals surface area contributed by atoms with Gasteiger partial charge in [-0.3, -0.25) is 9.48 Å². The molecular formula is C13H15BrN4O. The maximum absolute atomic E-state index is 12.1. The number of carbonyl (C=O) groups excluding carboxylic acids is 1. The topological polar surface area (TPSA) is 72.9 Å². The number of hydrogen-bond donors (Lipinski definition) is 2. The van der Waals surface area contributed by atoms with E-state index in [4.69, 9.17) is 5.73 Å². The van der Waals surface area contributed by atoms with Crippen molar-refractivity contribution in [1.82, 2.24) is 15.1 Å². The van der Waals surface area contributed by atoms with Crippen molar-refractivity contribution in [1.29, 1.82) is 0 Å². The van der Waals surface area contributed by atoms with E-state index in [1.165, 1.54) is 6.20 Å². The predicted molar refractivity (Wildman–Crippen MR) is 77.6 cm³/mol. The Bertz CT molecular complexity index is 594. The summed E-state index contributed by atoms with van der Waals surface area (Å²) in [5.41, 5.74) is 7.58. The number of nitrogens with one attached hydrogen (secondary N) is 1. The molecule has 0 aliphatic carbocycles. The van der Waals surface area contributed by atoms with Gasteiger partial charge < -0.3 is 11.1 Å². The molecule has 0 radical (unpaired) electrons. The molecule has 3 N–H and O–H groups in total. The lowest BCUT2D eigenvalue weighted by molar-refractivity contribution is 0.0941. The monoisotopic (exact) mass is 322 g/mol. The van der Waals surface area contributed by atoms with Gasteiger partial charge in [0.05, 0.1) is 11.9 Å². The van der Waals surface area contributed by atoms with Crippen LogP contribution in [0.3, 0.4) is 0 Å². The van der Waals surface area contributed by atoms with Crippen LogP contribution >= 0.6 is 15.9 Å². The molecule has 0 aliphatic rings. The minimum atomic E-state index is -0.215. The van der Waals surface area contributed by atoms with E-state index in [9.17, 15) is 4.79 Å². The number of aryl methyl sites for hydroxylation is 1. The number of benzene rings is 1. The fraction of sp³-hybridized carbons (Fsp3) is 0.231. The molecule has 0 saturated carbocycles. The quantitative estimate of drug-likeness (QED) is 0.906. The molecule has 2 rings (SSSR count). The van der Waals surface area contributed by atoms with Crippen molar-refractivity contribution < 1.29 is 4.79 Å². The number of aromatic nitrogens is 2. The van der Waals surface area contributed by atoms with Gasteiger partial charge in [0.15, 0.2) is 0 Å². The summed E-state index contributed by atoms with van der Waals surface area (Å²) in [6.07, 6.45) is 1.50. The Kier molecular flexibility index (Phi) is 4.21. The number of rotatable bonds is 4. The van der Waals surface area contributed by atoms with Crippen molar-refractivity contribution in [2.75, 3.05) is 5.73 Å². The second kappa shape index (κ2) is 5.88. The van der Waals surface area contributed by atoms with Crippen LogP contribution in [-0.4, -0.2) is 15.7 Å². The van der Waals surface area contributed by atoms with E-state index in [1.54, 1.807) is 4.68 Å². The summed E-state index contributed by atoms with van der Waals surface area (Å²) in [4.78, 5) is 12.1. The maximum atomic E-state index is 12.1. The van der Waals surface area contributed by atoms with E-state index in [-0.39, 0.29) is 5.91 Å². The summed E-state index contributed by atoms with van der Waals surface area (Å²) in [6.45, 7) is 2.96. The minimum Gasteiger partial charge on any atom is -0.396 e. The molecule has 0 fully saturated rings. The van der Waals surface area contributed by atoms with Gasteiger partial charge in [-0.15, -0.1) is 0 Å². The molecule has 1 aromatic carbocycles. The van der Waals surface area contributed by atoms with E-state index in [0.29, 0.717) is 24.5 Å². The van der Waals surface area contributed by atoms with Crippen molar-refractivity contribution in [3.05, 3.63) is 46.2 Å². The molecular weight excluding hydrogens is 308 g/mol. The molecule has 1 heterocycles. The summed E-state index contributed by atoms with van der Waals surface area (Å²) in [5, 5.41) is 6.90. The normalized spacial score (nSPS) is 10.4. The molecule has 6 heteroatoms. The molecule has 0 atom stereocenters. The standard InChI is InChI=1S/C13H15BrN4O/c1-2-18-12(11(15)8-17-18)13(19)16-7-9-5-3-4-6-10(9)14/h3-6,8H,2,7,15H2,1H3,(H,16,19). The van der Waals surface area contributed by atoms with E-state index in [2.05, 4.69) is 26.3 Å². The van der Waals surface area contributed by atoms with Crippen LogP contribution in [0.4, 0.5) is 5.69 Å². The first-order valence-corrected chi connectivity index (χ1v) is 6.75. The molecule has 0 unspecified atom stereocenters. The molecule has 0 spiro atoms. The second-order valence-corrected chi connectivity index (χ2v) is 4.89. The van der Waals surface area contributed by atoms with E-state index < -0.39 is 0 Å². The number of nitrogens with zero attached hydrogens (tertiary/aromatic N) is 2. The first-order valence-electron chi connectivity index (χ1n) is 5.96. The van der Waals surface area contributed by atoms with Gasteiger partial charge in [-0.2, -0.15) is 5.10 Å². The van der Waals surface area contributed by atoms with Crippen molar-refractivity contribution in [3.63, 3.8) is 0 Å². The molecule has 1 amide bonds. The Balaban J connectivity index is 2.10. The number of halogens is 1. The van der Waals surface area contributed by atoms with E-state index >= 15 is 0 Å². The van der Waals surface area contributed by atoms with Crippen LogP contribution in [0.15, 0.2) is 34.9 Å². The first-order chi connectivity index (χ1) is 9.13. The fourth-order valence-corrected chi connectivity index (χ4v) is 2.21. The van der Waals surface area contributed by atoms with Crippen molar-refractivity contribution in [3.8, 4) is 0 Å². The Labute approximate surface area is 119 Å². The second-order valence-electron chi connectivity index (χ2n) is 4.04. The molecule has 1 aromatic heterocycles. The van der Waals surface area contributed by atoms with Crippen LogP contribution in [0.2, 0.25) is 0 Å². The highest BCUT2D eigenvalue weighted by atomic mass is 79.9. The average Bonchev–Trinajstić information content (AvgIpc) is 2.78. The lowest BCUT2D eigenvalue weighted by atomic mass is 10.2. The van der Waals surface area contributed by atoms with Crippen LogP contribution in [-0.2, 0) is 13.1 Å². The summed E-state index contributed by atoms with van der Waals surface area (Å²) in [6, 6.07) is 7.74. The number of carbonyl (C=O) groups is 1. The maximum Gasteiger partial charge on any atom is 0.271 e. The van der Waals surface area contributed by atoms with Gasteiger partial charge in [0.2, 0.25) is 0 Å². The molecule has 2 aromatic rings. The van der Waals surface area contributed by atoms with Gasteiger partial charge >= 0.3 is 0 Å². The summed E-state index contributed by atoms with van der Waals surface area (Å²) >= 11 is 3.44. The highest BCUT2D eigenvalue weighted by Crippen LogP contribution is 2.16. The smallest absolute Gasteiger partial charge is 0.271 e. The van der Waals surface area contributed by atoms with Crippen LogP contribution in [0, 0.1) is 0 Å². The Morgan fingerprint density at radius 1 is 1.47 bits per heavy atom. The lowest BCUT2D eigenvalue weighted by Gasteiger charge is -2.09. The molecule has 100 valence electrons. The Hall–Kier alpha value is -1.82. The molecule has 5 nitrogen and oxygen atoms in total. The predicted octanol–water partition coefficient (Wildman–Crippen LogP) is 2.18. The van der Waals surface area contributed by atoms with Crippen molar-refractivity contribution in [2.24, 2.45) is 0 Å². The SMILES string of the molecule is CCn1ncc(N)c1C(=O)NCc1ccccc1Br. The average molecular weight is 323 g/mol. The van der Waals surface area contributed by atoms with Gasteiger partial charge in [-0.1, -0.05) is 34.1 Å². The number of anilines is 1.